The minimum absolute atomic E-state index is 0.00154. The van der Waals surface area contributed by atoms with Crippen LogP contribution < -0.4 is 5.56 Å². The lowest BCUT2D eigenvalue weighted by Gasteiger charge is -2.04. The number of allylic oxidation sites excluding steroid dienone is 1. The monoisotopic (exact) mass is 381 g/mol. The van der Waals surface area contributed by atoms with E-state index in [-0.39, 0.29) is 16.2 Å². The highest BCUT2D eigenvalue weighted by Gasteiger charge is 2.22. The summed E-state index contributed by atoms with van der Waals surface area (Å²) in [5.41, 5.74) is 2.56. The number of hydrogen-bond acceptors (Lipinski definition) is 5. The van der Waals surface area contributed by atoms with Crippen LogP contribution in [0.2, 0.25) is 0 Å². The van der Waals surface area contributed by atoms with Crippen LogP contribution in [0.3, 0.4) is 0 Å². The first kappa shape index (κ1) is 17.6. The summed E-state index contributed by atoms with van der Waals surface area (Å²) in [7, 11) is 0. The summed E-state index contributed by atoms with van der Waals surface area (Å²) < 4.78 is 1.72. The lowest BCUT2D eigenvalue weighted by molar-refractivity contribution is -0.385. The van der Waals surface area contributed by atoms with E-state index in [4.69, 9.17) is 4.98 Å². The van der Waals surface area contributed by atoms with Gasteiger partial charge in [0.1, 0.15) is 10.7 Å². The predicted octanol–water partition coefficient (Wildman–Crippen LogP) is 4.44. The van der Waals surface area contributed by atoms with Gasteiger partial charge in [-0.1, -0.05) is 26.0 Å². The number of nitro groups is 1. The number of fused-ring (bicyclic) bond motifs is 2. The van der Waals surface area contributed by atoms with Crippen molar-refractivity contribution < 1.29 is 4.92 Å². The Morgan fingerprint density at radius 1 is 1.30 bits per heavy atom. The fraction of sp³-hybridized carbons (Fsp3) is 0.300. The molecule has 0 amide bonds. The van der Waals surface area contributed by atoms with E-state index in [0.29, 0.717) is 30.6 Å². The molecule has 7 heteroatoms. The van der Waals surface area contributed by atoms with Crippen molar-refractivity contribution >= 4 is 38.9 Å². The normalized spacial score (nSPS) is 14.8. The van der Waals surface area contributed by atoms with E-state index >= 15 is 0 Å². The van der Waals surface area contributed by atoms with Crippen LogP contribution in [0.4, 0.5) is 5.69 Å². The number of benzene rings is 1. The van der Waals surface area contributed by atoms with Gasteiger partial charge in [0.2, 0.25) is 0 Å². The molecule has 0 aliphatic carbocycles. The molecule has 0 unspecified atom stereocenters. The molecular formula is C20H19N3O3S. The maximum absolute atomic E-state index is 12.8. The first-order valence-corrected chi connectivity index (χ1v) is 9.85. The van der Waals surface area contributed by atoms with Gasteiger partial charge in [-0.05, 0) is 42.5 Å². The van der Waals surface area contributed by atoms with E-state index in [1.807, 2.05) is 25.1 Å². The molecule has 2 aromatic heterocycles. The molecule has 1 aromatic carbocycles. The molecule has 1 aliphatic rings. The molecule has 0 fully saturated rings. The molecule has 3 heterocycles. The topological polar surface area (TPSA) is 78.0 Å². The third-order valence-corrected chi connectivity index (χ3v) is 6.14. The molecule has 4 rings (SSSR count). The molecule has 1 aliphatic heterocycles. The summed E-state index contributed by atoms with van der Waals surface area (Å²) in [6, 6.07) is 7.23. The van der Waals surface area contributed by atoms with Crippen molar-refractivity contribution in [2.75, 3.05) is 0 Å². The van der Waals surface area contributed by atoms with E-state index in [1.165, 1.54) is 0 Å². The van der Waals surface area contributed by atoms with Gasteiger partial charge in [-0.15, -0.1) is 11.3 Å². The number of thiophene rings is 1. The SMILES string of the molecule is CCc1cc2c(=O)n3c(nc2s1)/C(=C/c1ccc(CC)c([N+](=O)[O-])c1)CC3. The standard InChI is InChI=1S/C20H19N3O3S/c1-3-13-6-5-12(10-17(13)23(25)26)9-14-7-8-22-18(14)21-19-16(20(22)24)11-15(4-2)27-19/h5-6,9-11H,3-4,7-8H2,1-2H3/b14-9+. The summed E-state index contributed by atoms with van der Waals surface area (Å²) in [5.74, 6) is 0.680. The Bertz CT molecular complexity index is 1160. The highest BCUT2D eigenvalue weighted by Crippen LogP contribution is 2.31. The zero-order valence-electron chi connectivity index (χ0n) is 15.2. The Kier molecular flexibility index (Phi) is 4.39. The molecule has 0 atom stereocenters. The molecule has 3 aromatic rings. The van der Waals surface area contributed by atoms with E-state index < -0.39 is 0 Å². The zero-order valence-corrected chi connectivity index (χ0v) is 16.0. The van der Waals surface area contributed by atoms with Crippen molar-refractivity contribution in [2.45, 2.75) is 39.7 Å². The third-order valence-electron chi connectivity index (χ3n) is 4.97. The van der Waals surface area contributed by atoms with Gasteiger partial charge in [-0.3, -0.25) is 19.5 Å². The van der Waals surface area contributed by atoms with Crippen LogP contribution >= 0.6 is 11.3 Å². The van der Waals surface area contributed by atoms with Crippen LogP contribution in [0.1, 0.15) is 42.1 Å². The second-order valence-electron chi connectivity index (χ2n) is 6.60. The summed E-state index contributed by atoms with van der Waals surface area (Å²) in [6.45, 7) is 4.56. The first-order chi connectivity index (χ1) is 13.0. The third kappa shape index (κ3) is 2.98. The largest absolute Gasteiger partial charge is 0.292 e. The van der Waals surface area contributed by atoms with Gasteiger partial charge in [-0.2, -0.15) is 0 Å². The Morgan fingerprint density at radius 2 is 2.11 bits per heavy atom. The van der Waals surface area contributed by atoms with Crippen LogP contribution in [0, 0.1) is 10.1 Å². The molecule has 0 saturated carbocycles. The Hall–Kier alpha value is -2.80. The van der Waals surface area contributed by atoms with Crippen molar-refractivity contribution in [1.82, 2.24) is 9.55 Å². The highest BCUT2D eigenvalue weighted by molar-refractivity contribution is 7.18. The van der Waals surface area contributed by atoms with E-state index in [0.717, 1.165) is 32.8 Å². The van der Waals surface area contributed by atoms with Crippen LogP contribution in [0.5, 0.6) is 0 Å². The van der Waals surface area contributed by atoms with Gasteiger partial charge in [0.25, 0.3) is 11.2 Å². The summed E-state index contributed by atoms with van der Waals surface area (Å²) in [5, 5.41) is 12.0. The van der Waals surface area contributed by atoms with Gasteiger partial charge < -0.3 is 0 Å². The van der Waals surface area contributed by atoms with Gasteiger partial charge >= 0.3 is 0 Å². The Balaban J connectivity index is 1.82. The number of rotatable bonds is 4. The number of hydrogen-bond donors (Lipinski definition) is 0. The quantitative estimate of drug-likeness (QED) is 0.494. The summed E-state index contributed by atoms with van der Waals surface area (Å²) in [4.78, 5) is 30.4. The number of aryl methyl sites for hydroxylation is 2. The van der Waals surface area contributed by atoms with Gasteiger partial charge in [-0.25, -0.2) is 4.98 Å². The van der Waals surface area contributed by atoms with Crippen molar-refractivity contribution in [2.24, 2.45) is 0 Å². The Labute approximate surface area is 159 Å². The zero-order chi connectivity index (χ0) is 19.1. The fourth-order valence-electron chi connectivity index (χ4n) is 3.51. The average molecular weight is 381 g/mol. The minimum atomic E-state index is -0.340. The predicted molar refractivity (Wildman–Crippen MR) is 108 cm³/mol. The summed E-state index contributed by atoms with van der Waals surface area (Å²) in [6.07, 6.45) is 4.11. The van der Waals surface area contributed by atoms with E-state index in [1.54, 1.807) is 28.0 Å². The van der Waals surface area contributed by atoms with Gasteiger partial charge in [0, 0.05) is 23.1 Å². The molecule has 0 bridgehead atoms. The van der Waals surface area contributed by atoms with Crippen LogP contribution in [-0.2, 0) is 19.4 Å². The van der Waals surface area contributed by atoms with Crippen molar-refractivity contribution in [3.05, 3.63) is 66.6 Å². The minimum Gasteiger partial charge on any atom is -0.292 e. The molecule has 0 N–H and O–H groups in total. The van der Waals surface area contributed by atoms with E-state index in [2.05, 4.69) is 6.92 Å². The van der Waals surface area contributed by atoms with E-state index in [9.17, 15) is 14.9 Å². The molecule has 27 heavy (non-hydrogen) atoms. The second kappa shape index (κ2) is 6.74. The molecule has 138 valence electrons. The number of nitro benzene ring substituents is 1. The maximum Gasteiger partial charge on any atom is 0.273 e. The summed E-state index contributed by atoms with van der Waals surface area (Å²) >= 11 is 1.56. The van der Waals surface area contributed by atoms with Crippen molar-refractivity contribution in [1.29, 1.82) is 0 Å². The lowest BCUT2D eigenvalue weighted by atomic mass is 10.0. The Morgan fingerprint density at radius 3 is 2.81 bits per heavy atom. The first-order valence-electron chi connectivity index (χ1n) is 9.03. The average Bonchev–Trinajstić information content (AvgIpc) is 3.26. The maximum atomic E-state index is 12.8. The van der Waals surface area contributed by atoms with Gasteiger partial charge in [0.15, 0.2) is 0 Å². The molecule has 0 saturated heterocycles. The second-order valence-corrected chi connectivity index (χ2v) is 7.71. The molecule has 0 spiro atoms. The van der Waals surface area contributed by atoms with Crippen LogP contribution in [0.15, 0.2) is 29.1 Å². The van der Waals surface area contributed by atoms with Gasteiger partial charge in [0.05, 0.1) is 10.3 Å². The molecular weight excluding hydrogens is 362 g/mol. The molecule has 6 nitrogen and oxygen atoms in total. The lowest BCUT2D eigenvalue weighted by Crippen LogP contribution is -2.19. The number of nitrogens with zero attached hydrogens (tertiary/aromatic N) is 3. The van der Waals surface area contributed by atoms with Crippen LogP contribution in [-0.4, -0.2) is 14.5 Å². The van der Waals surface area contributed by atoms with Crippen molar-refractivity contribution in [3.8, 4) is 0 Å². The fourth-order valence-corrected chi connectivity index (χ4v) is 4.47. The molecule has 0 radical (unpaired) electrons. The number of aromatic nitrogens is 2. The van der Waals surface area contributed by atoms with Crippen molar-refractivity contribution in [3.63, 3.8) is 0 Å². The van der Waals surface area contributed by atoms with Crippen LogP contribution in [0.25, 0.3) is 21.9 Å². The smallest absolute Gasteiger partial charge is 0.273 e. The highest BCUT2D eigenvalue weighted by atomic mass is 32.1.